The van der Waals surface area contributed by atoms with E-state index in [2.05, 4.69) is 18.7 Å². The van der Waals surface area contributed by atoms with Crippen molar-refractivity contribution in [2.24, 2.45) is 5.92 Å². The minimum Gasteiger partial charge on any atom is -0.488 e. The molecule has 1 aromatic rings. The average molecular weight is 266 g/mol. The number of nitrogen functional groups attached to an aromatic ring is 1. The third kappa shape index (κ3) is 2.94. The molecular weight excluding hydrogens is 243 g/mol. The highest BCUT2D eigenvalue weighted by Crippen LogP contribution is 2.36. The minimum atomic E-state index is -0.394. The zero-order valence-electron chi connectivity index (χ0n) is 12.1. The molecule has 0 aromatic heterocycles. The summed E-state index contributed by atoms with van der Waals surface area (Å²) < 4.78 is 19.3. The first-order chi connectivity index (χ1) is 8.88. The summed E-state index contributed by atoms with van der Waals surface area (Å²) in [4.78, 5) is 2.24. The lowest BCUT2D eigenvalue weighted by molar-refractivity contribution is 0.231. The molecule has 2 atom stereocenters. The first-order valence-electron chi connectivity index (χ1n) is 6.90. The normalized spacial score (nSPS) is 23.2. The lowest BCUT2D eigenvalue weighted by atomic mass is 10.1. The smallest absolute Gasteiger partial charge is 0.167 e. The van der Waals surface area contributed by atoms with Gasteiger partial charge >= 0.3 is 0 Å². The van der Waals surface area contributed by atoms with Crippen LogP contribution < -0.4 is 15.4 Å². The molecule has 0 aliphatic carbocycles. The number of halogens is 1. The number of anilines is 2. The van der Waals surface area contributed by atoms with E-state index in [1.807, 2.05) is 13.8 Å². The van der Waals surface area contributed by atoms with Crippen LogP contribution in [-0.2, 0) is 0 Å². The first-order valence-corrected chi connectivity index (χ1v) is 6.90. The Bertz CT molecular complexity index is 462. The van der Waals surface area contributed by atoms with Gasteiger partial charge in [-0.2, -0.15) is 0 Å². The number of nitrogens with zero attached hydrogens (tertiary/aromatic N) is 1. The molecule has 0 radical (unpaired) electrons. The second-order valence-corrected chi connectivity index (χ2v) is 5.85. The summed E-state index contributed by atoms with van der Waals surface area (Å²) in [5.74, 6) is 0.523. The van der Waals surface area contributed by atoms with Crippen molar-refractivity contribution in [1.82, 2.24) is 0 Å². The van der Waals surface area contributed by atoms with Gasteiger partial charge in [0.15, 0.2) is 11.6 Å². The van der Waals surface area contributed by atoms with E-state index in [4.69, 9.17) is 10.5 Å². The van der Waals surface area contributed by atoms with Gasteiger partial charge in [0.25, 0.3) is 0 Å². The molecule has 19 heavy (non-hydrogen) atoms. The van der Waals surface area contributed by atoms with Gasteiger partial charge in [-0.25, -0.2) is 4.39 Å². The predicted molar refractivity (Wildman–Crippen MR) is 77.2 cm³/mol. The molecule has 106 valence electrons. The fourth-order valence-electron chi connectivity index (χ4n) is 2.79. The Balaban J connectivity index is 2.34. The highest BCUT2D eigenvalue weighted by Gasteiger charge is 2.28. The average Bonchev–Trinajstić information content (AvgIpc) is 2.61. The van der Waals surface area contributed by atoms with E-state index in [0.29, 0.717) is 17.6 Å². The number of nitrogens with two attached hydrogens (primary N) is 1. The van der Waals surface area contributed by atoms with Crippen LogP contribution in [0.25, 0.3) is 0 Å². The number of hydrogen-bond acceptors (Lipinski definition) is 3. The van der Waals surface area contributed by atoms with E-state index < -0.39 is 5.82 Å². The van der Waals surface area contributed by atoms with Gasteiger partial charge < -0.3 is 15.4 Å². The van der Waals surface area contributed by atoms with Crippen LogP contribution in [0.15, 0.2) is 12.1 Å². The Morgan fingerprint density at radius 2 is 2.05 bits per heavy atom. The summed E-state index contributed by atoms with van der Waals surface area (Å²) in [5, 5.41) is 0. The monoisotopic (exact) mass is 266 g/mol. The topological polar surface area (TPSA) is 38.5 Å². The van der Waals surface area contributed by atoms with Gasteiger partial charge in [-0.15, -0.1) is 0 Å². The summed E-state index contributed by atoms with van der Waals surface area (Å²) in [5.41, 5.74) is 7.34. The summed E-state index contributed by atoms with van der Waals surface area (Å²) in [6.07, 6.45) is 1.08. The second kappa shape index (κ2) is 5.27. The molecule has 1 saturated heterocycles. The van der Waals surface area contributed by atoms with Crippen molar-refractivity contribution in [3.05, 3.63) is 17.9 Å². The number of hydrogen-bond donors (Lipinski definition) is 1. The van der Waals surface area contributed by atoms with Crippen LogP contribution in [0, 0.1) is 11.7 Å². The molecule has 0 amide bonds. The Hall–Kier alpha value is -1.45. The Kier molecular flexibility index (Phi) is 3.88. The van der Waals surface area contributed by atoms with Crippen molar-refractivity contribution in [3.8, 4) is 5.75 Å². The van der Waals surface area contributed by atoms with Crippen molar-refractivity contribution in [2.75, 3.05) is 17.2 Å². The van der Waals surface area contributed by atoms with Crippen LogP contribution in [-0.4, -0.2) is 18.7 Å². The Morgan fingerprint density at radius 1 is 1.37 bits per heavy atom. The summed E-state index contributed by atoms with van der Waals surface area (Å²) in [6, 6.07) is 3.52. The molecule has 1 aliphatic heterocycles. The van der Waals surface area contributed by atoms with E-state index in [9.17, 15) is 4.39 Å². The maximum Gasteiger partial charge on any atom is 0.167 e. The van der Waals surface area contributed by atoms with Crippen molar-refractivity contribution in [3.63, 3.8) is 0 Å². The highest BCUT2D eigenvalue weighted by molar-refractivity contribution is 5.70. The fraction of sp³-hybridized carbons (Fsp3) is 0.600. The third-order valence-electron chi connectivity index (χ3n) is 3.54. The summed E-state index contributed by atoms with van der Waals surface area (Å²) in [6.45, 7) is 9.13. The molecule has 1 aromatic carbocycles. The lowest BCUT2D eigenvalue weighted by Crippen LogP contribution is -2.27. The largest absolute Gasteiger partial charge is 0.488 e. The number of benzene rings is 1. The van der Waals surface area contributed by atoms with Crippen LogP contribution >= 0.6 is 0 Å². The number of ether oxygens (including phenoxy) is 1. The standard InChI is InChI=1S/C15H23FN2O/c1-9(2)19-15-7-14(13(17)6-12(15)16)18-8-10(3)5-11(18)4/h6-7,9-11H,5,8,17H2,1-4H3. The lowest BCUT2D eigenvalue weighted by Gasteiger charge is -2.26. The Morgan fingerprint density at radius 3 is 2.58 bits per heavy atom. The van der Waals surface area contributed by atoms with Crippen LogP contribution in [0.5, 0.6) is 5.75 Å². The third-order valence-corrected chi connectivity index (χ3v) is 3.54. The van der Waals surface area contributed by atoms with E-state index in [1.165, 1.54) is 6.07 Å². The van der Waals surface area contributed by atoms with Gasteiger partial charge in [0.05, 0.1) is 17.5 Å². The molecule has 0 spiro atoms. The molecule has 0 saturated carbocycles. The predicted octanol–water partition coefficient (Wildman–Crippen LogP) is 3.43. The minimum absolute atomic E-state index is 0.0547. The van der Waals surface area contributed by atoms with E-state index >= 15 is 0 Å². The molecule has 3 nitrogen and oxygen atoms in total. The second-order valence-electron chi connectivity index (χ2n) is 5.85. The molecule has 1 aliphatic rings. The van der Waals surface area contributed by atoms with Crippen molar-refractivity contribution in [1.29, 1.82) is 0 Å². The van der Waals surface area contributed by atoms with Crippen LogP contribution in [0.1, 0.15) is 34.1 Å². The maximum atomic E-state index is 13.8. The molecule has 2 unspecified atom stereocenters. The van der Waals surface area contributed by atoms with Gasteiger partial charge in [0.2, 0.25) is 0 Å². The molecule has 1 heterocycles. The highest BCUT2D eigenvalue weighted by atomic mass is 19.1. The zero-order chi connectivity index (χ0) is 14.2. The van der Waals surface area contributed by atoms with E-state index in [0.717, 1.165) is 18.7 Å². The zero-order valence-corrected chi connectivity index (χ0v) is 12.1. The quantitative estimate of drug-likeness (QED) is 0.852. The first kappa shape index (κ1) is 14.0. The van der Waals surface area contributed by atoms with Crippen molar-refractivity contribution < 1.29 is 9.13 Å². The number of rotatable bonds is 3. The van der Waals surface area contributed by atoms with Gasteiger partial charge in [0, 0.05) is 24.7 Å². The molecule has 1 fully saturated rings. The van der Waals surface area contributed by atoms with Gasteiger partial charge in [-0.05, 0) is 33.1 Å². The molecule has 0 bridgehead atoms. The molecule has 2 N–H and O–H groups in total. The van der Waals surface area contributed by atoms with Crippen molar-refractivity contribution in [2.45, 2.75) is 46.3 Å². The van der Waals surface area contributed by atoms with Crippen LogP contribution in [0.2, 0.25) is 0 Å². The van der Waals surface area contributed by atoms with Gasteiger partial charge in [0.1, 0.15) is 0 Å². The summed E-state index contributed by atoms with van der Waals surface area (Å²) >= 11 is 0. The molecule has 4 heteroatoms. The van der Waals surface area contributed by atoms with E-state index in [1.54, 1.807) is 6.07 Å². The van der Waals surface area contributed by atoms with Gasteiger partial charge in [-0.3, -0.25) is 0 Å². The van der Waals surface area contributed by atoms with Gasteiger partial charge in [-0.1, -0.05) is 6.92 Å². The maximum absolute atomic E-state index is 13.8. The summed E-state index contributed by atoms with van der Waals surface area (Å²) in [7, 11) is 0. The fourth-order valence-corrected chi connectivity index (χ4v) is 2.79. The molecule has 2 rings (SSSR count). The molecular formula is C15H23FN2O. The van der Waals surface area contributed by atoms with Crippen molar-refractivity contribution >= 4 is 11.4 Å². The van der Waals surface area contributed by atoms with Crippen LogP contribution in [0.3, 0.4) is 0 Å². The SMILES string of the molecule is CC1CC(C)N(c2cc(OC(C)C)c(F)cc2N)C1. The Labute approximate surface area is 114 Å². The van der Waals surface area contributed by atoms with E-state index in [-0.39, 0.29) is 11.9 Å². The van der Waals surface area contributed by atoms with Crippen LogP contribution in [0.4, 0.5) is 15.8 Å².